The van der Waals surface area contributed by atoms with Crippen LogP contribution >= 0.6 is 0 Å². The van der Waals surface area contributed by atoms with Crippen molar-refractivity contribution in [2.75, 3.05) is 12.3 Å². The van der Waals surface area contributed by atoms with Crippen LogP contribution in [-0.4, -0.2) is 32.8 Å². The second kappa shape index (κ2) is 7.79. The summed E-state index contributed by atoms with van der Waals surface area (Å²) in [5, 5.41) is 5.56. The number of carbonyl (C=O) groups is 1. The van der Waals surface area contributed by atoms with Gasteiger partial charge in [-0.1, -0.05) is 24.3 Å². The van der Waals surface area contributed by atoms with Gasteiger partial charge in [-0.2, -0.15) is 0 Å². The van der Waals surface area contributed by atoms with Crippen LogP contribution in [0.5, 0.6) is 0 Å². The fourth-order valence-corrected chi connectivity index (χ4v) is 4.04. The van der Waals surface area contributed by atoms with Crippen molar-refractivity contribution < 1.29 is 13.2 Å². The Balaban J connectivity index is 1.82. The highest BCUT2D eigenvalue weighted by molar-refractivity contribution is 7.89. The minimum atomic E-state index is -3.35. The van der Waals surface area contributed by atoms with Crippen molar-refractivity contribution in [3.63, 3.8) is 0 Å². The Hall–Kier alpha value is -1.60. The van der Waals surface area contributed by atoms with E-state index < -0.39 is 10.0 Å². The van der Waals surface area contributed by atoms with Crippen LogP contribution in [-0.2, 0) is 16.4 Å². The predicted molar refractivity (Wildman–Crippen MR) is 90.7 cm³/mol. The molecule has 23 heavy (non-hydrogen) atoms. The number of carbonyl (C=O) groups excluding carboxylic acids is 1. The zero-order valence-electron chi connectivity index (χ0n) is 13.6. The molecule has 2 rings (SSSR count). The number of hydrogen-bond acceptors (Lipinski definition) is 3. The highest BCUT2D eigenvalue weighted by atomic mass is 32.2. The highest BCUT2D eigenvalue weighted by Crippen LogP contribution is 2.29. The van der Waals surface area contributed by atoms with E-state index in [-0.39, 0.29) is 30.4 Å². The molecule has 0 aromatic heterocycles. The van der Waals surface area contributed by atoms with Gasteiger partial charge in [-0.3, -0.25) is 0 Å². The Bertz CT molecular complexity index is 644. The van der Waals surface area contributed by atoms with E-state index >= 15 is 0 Å². The molecule has 1 aromatic rings. The topological polar surface area (TPSA) is 87.3 Å². The molecule has 0 spiro atoms. The van der Waals surface area contributed by atoms with E-state index in [4.69, 9.17) is 0 Å². The molecule has 1 aliphatic carbocycles. The third-order valence-electron chi connectivity index (χ3n) is 3.75. The number of fused-ring (bicyclic) bond motifs is 1. The lowest BCUT2D eigenvalue weighted by molar-refractivity contribution is 0.236. The van der Waals surface area contributed by atoms with Gasteiger partial charge in [-0.15, -0.1) is 0 Å². The standard InChI is InChI=1S/C16H25N3O3S/c1-12(2)19-23(21,22)11-10-17-16(20)18-15-9-5-7-13-6-3-4-8-14(13)15/h3-4,6,8,12,15,19H,5,7,9-11H2,1-2H3,(H2,17,18,20). The fourth-order valence-electron chi connectivity index (χ4n) is 2.83. The molecule has 1 aromatic carbocycles. The summed E-state index contributed by atoms with van der Waals surface area (Å²) in [6.07, 6.45) is 2.97. The second-order valence-corrected chi connectivity index (χ2v) is 8.01. The monoisotopic (exact) mass is 339 g/mol. The molecule has 0 radical (unpaired) electrons. The van der Waals surface area contributed by atoms with Gasteiger partial charge >= 0.3 is 6.03 Å². The Morgan fingerprint density at radius 3 is 2.78 bits per heavy atom. The molecular weight excluding hydrogens is 314 g/mol. The quantitative estimate of drug-likeness (QED) is 0.737. The van der Waals surface area contributed by atoms with Crippen LogP contribution in [0.4, 0.5) is 4.79 Å². The van der Waals surface area contributed by atoms with E-state index in [1.54, 1.807) is 13.8 Å². The summed E-state index contributed by atoms with van der Waals surface area (Å²) in [4.78, 5) is 12.0. The first-order chi connectivity index (χ1) is 10.9. The van der Waals surface area contributed by atoms with E-state index in [2.05, 4.69) is 21.4 Å². The number of nitrogens with one attached hydrogen (secondary N) is 3. The van der Waals surface area contributed by atoms with Gasteiger partial charge in [0.25, 0.3) is 0 Å². The molecule has 0 bridgehead atoms. The first-order valence-corrected chi connectivity index (χ1v) is 9.65. The number of rotatable bonds is 6. The number of aryl methyl sites for hydroxylation is 1. The molecule has 1 unspecified atom stereocenters. The molecule has 3 N–H and O–H groups in total. The van der Waals surface area contributed by atoms with Gasteiger partial charge in [0.2, 0.25) is 10.0 Å². The molecule has 128 valence electrons. The van der Waals surface area contributed by atoms with Crippen molar-refractivity contribution in [1.29, 1.82) is 0 Å². The molecule has 1 aliphatic rings. The summed E-state index contributed by atoms with van der Waals surface area (Å²) in [5.41, 5.74) is 2.43. The lowest BCUT2D eigenvalue weighted by atomic mass is 9.88. The Kier molecular flexibility index (Phi) is 6.01. The van der Waals surface area contributed by atoms with E-state index in [1.165, 1.54) is 5.56 Å². The van der Waals surface area contributed by atoms with Crippen LogP contribution in [0.3, 0.4) is 0 Å². The average Bonchev–Trinajstić information content (AvgIpc) is 2.46. The zero-order chi connectivity index (χ0) is 16.9. The van der Waals surface area contributed by atoms with Crippen LogP contribution in [0.2, 0.25) is 0 Å². The van der Waals surface area contributed by atoms with E-state index in [0.29, 0.717) is 0 Å². The molecule has 0 saturated carbocycles. The van der Waals surface area contributed by atoms with Gasteiger partial charge in [0.1, 0.15) is 0 Å². The Morgan fingerprint density at radius 2 is 2.04 bits per heavy atom. The summed E-state index contributed by atoms with van der Waals surface area (Å²) in [7, 11) is -3.35. The summed E-state index contributed by atoms with van der Waals surface area (Å²) in [5.74, 6) is -0.125. The largest absolute Gasteiger partial charge is 0.337 e. The van der Waals surface area contributed by atoms with Gasteiger partial charge in [0, 0.05) is 12.6 Å². The number of benzene rings is 1. The number of amides is 2. The van der Waals surface area contributed by atoms with Crippen LogP contribution in [0.25, 0.3) is 0 Å². The first-order valence-electron chi connectivity index (χ1n) is 7.99. The molecule has 0 aliphatic heterocycles. The summed E-state index contributed by atoms with van der Waals surface area (Å²) in [6.45, 7) is 3.61. The van der Waals surface area contributed by atoms with E-state index in [0.717, 1.165) is 24.8 Å². The third kappa shape index (κ3) is 5.51. The van der Waals surface area contributed by atoms with E-state index in [9.17, 15) is 13.2 Å². The zero-order valence-corrected chi connectivity index (χ0v) is 14.4. The summed E-state index contributed by atoms with van der Waals surface area (Å²) >= 11 is 0. The number of hydrogen-bond donors (Lipinski definition) is 3. The van der Waals surface area contributed by atoms with Crippen molar-refractivity contribution in [1.82, 2.24) is 15.4 Å². The smallest absolute Gasteiger partial charge is 0.315 e. The van der Waals surface area contributed by atoms with Gasteiger partial charge in [-0.05, 0) is 44.2 Å². The van der Waals surface area contributed by atoms with Crippen molar-refractivity contribution in [2.45, 2.75) is 45.2 Å². The molecule has 0 saturated heterocycles. The minimum absolute atomic E-state index is 0.00894. The maximum absolute atomic E-state index is 12.0. The van der Waals surface area contributed by atoms with Crippen molar-refractivity contribution >= 4 is 16.1 Å². The van der Waals surface area contributed by atoms with Gasteiger partial charge in [-0.25, -0.2) is 17.9 Å². The van der Waals surface area contributed by atoms with Gasteiger partial charge in [0.05, 0.1) is 11.8 Å². The Labute approximate surface area is 138 Å². The van der Waals surface area contributed by atoms with Crippen molar-refractivity contribution in [2.24, 2.45) is 0 Å². The minimum Gasteiger partial charge on any atom is -0.337 e. The normalized spacial score (nSPS) is 17.6. The molecule has 1 atom stereocenters. The van der Waals surface area contributed by atoms with Crippen LogP contribution in [0, 0.1) is 0 Å². The van der Waals surface area contributed by atoms with Crippen molar-refractivity contribution in [3.8, 4) is 0 Å². The molecule has 2 amide bonds. The summed E-state index contributed by atoms with van der Waals surface area (Å²) in [6, 6.07) is 7.63. The Morgan fingerprint density at radius 1 is 1.30 bits per heavy atom. The number of sulfonamides is 1. The van der Waals surface area contributed by atoms with Crippen LogP contribution in [0.1, 0.15) is 43.9 Å². The first kappa shape index (κ1) is 17.7. The maximum atomic E-state index is 12.0. The van der Waals surface area contributed by atoms with Crippen LogP contribution in [0.15, 0.2) is 24.3 Å². The SMILES string of the molecule is CC(C)NS(=O)(=O)CCNC(=O)NC1CCCc2ccccc21. The lowest BCUT2D eigenvalue weighted by Gasteiger charge is -2.26. The number of urea groups is 1. The fraction of sp³-hybridized carbons (Fsp3) is 0.562. The molecule has 0 fully saturated rings. The third-order valence-corrected chi connectivity index (χ3v) is 5.32. The van der Waals surface area contributed by atoms with Gasteiger partial charge in [0.15, 0.2) is 0 Å². The van der Waals surface area contributed by atoms with Crippen molar-refractivity contribution in [3.05, 3.63) is 35.4 Å². The second-order valence-electron chi connectivity index (χ2n) is 6.14. The highest BCUT2D eigenvalue weighted by Gasteiger charge is 2.21. The average molecular weight is 339 g/mol. The molecule has 7 heteroatoms. The molecule has 0 heterocycles. The predicted octanol–water partition coefficient (Wildman–Crippen LogP) is 1.69. The van der Waals surface area contributed by atoms with Gasteiger partial charge < -0.3 is 10.6 Å². The molecule has 6 nitrogen and oxygen atoms in total. The maximum Gasteiger partial charge on any atom is 0.315 e. The van der Waals surface area contributed by atoms with Crippen LogP contribution < -0.4 is 15.4 Å². The van der Waals surface area contributed by atoms with E-state index in [1.807, 2.05) is 18.2 Å². The summed E-state index contributed by atoms with van der Waals surface area (Å²) < 4.78 is 25.9. The lowest BCUT2D eigenvalue weighted by Crippen LogP contribution is -2.42. The molecular formula is C16H25N3O3S.